The Hall–Kier alpha value is -1.20. The summed E-state index contributed by atoms with van der Waals surface area (Å²) >= 11 is 0. The third-order valence-corrected chi connectivity index (χ3v) is 3.40. The van der Waals surface area contributed by atoms with E-state index < -0.39 is 0 Å². The number of halogens is 1. The van der Waals surface area contributed by atoms with E-state index in [-0.39, 0.29) is 18.0 Å². The first-order chi connectivity index (χ1) is 9.13. The van der Waals surface area contributed by atoms with E-state index >= 15 is 0 Å². The van der Waals surface area contributed by atoms with E-state index in [1.54, 1.807) is 12.3 Å². The van der Waals surface area contributed by atoms with Crippen LogP contribution in [0.1, 0.15) is 26.3 Å². The van der Waals surface area contributed by atoms with Gasteiger partial charge in [-0.2, -0.15) is 0 Å². The maximum absolute atomic E-state index is 14.5. The lowest BCUT2D eigenvalue weighted by Gasteiger charge is -2.37. The molecule has 1 aromatic heterocycles. The summed E-state index contributed by atoms with van der Waals surface area (Å²) in [6.45, 7) is 8.68. The van der Waals surface area contributed by atoms with Crippen molar-refractivity contribution >= 4 is 5.82 Å². The summed E-state index contributed by atoms with van der Waals surface area (Å²) in [5.41, 5.74) is 0.665. The number of anilines is 1. The Balaban J connectivity index is 2.23. The summed E-state index contributed by atoms with van der Waals surface area (Å²) in [5, 5.41) is 3.14. The summed E-state index contributed by atoms with van der Waals surface area (Å²) < 4.78 is 20.1. The number of ether oxygens (including phenoxy) is 1. The van der Waals surface area contributed by atoms with Gasteiger partial charge in [0.25, 0.3) is 0 Å². The fraction of sp³-hybridized carbons (Fsp3) is 0.643. The van der Waals surface area contributed by atoms with E-state index in [2.05, 4.69) is 10.3 Å². The van der Waals surface area contributed by atoms with Crippen LogP contribution in [0, 0.1) is 5.82 Å². The number of hydrogen-bond donors (Lipinski definition) is 1. The Kier molecular flexibility index (Phi) is 4.71. The SMILES string of the molecule is CCNCc1ccnc(N2CC(C)OCC2C)c1F. The molecule has 0 radical (unpaired) electrons. The van der Waals surface area contributed by atoms with Gasteiger partial charge in [0.1, 0.15) is 0 Å². The zero-order valence-corrected chi connectivity index (χ0v) is 11.8. The molecule has 4 nitrogen and oxygen atoms in total. The lowest BCUT2D eigenvalue weighted by molar-refractivity contribution is 0.0337. The number of aromatic nitrogens is 1. The molecule has 0 spiro atoms. The molecule has 0 aromatic carbocycles. The van der Waals surface area contributed by atoms with Gasteiger partial charge in [-0.15, -0.1) is 0 Å². The van der Waals surface area contributed by atoms with Gasteiger partial charge in [0, 0.05) is 24.8 Å². The smallest absolute Gasteiger partial charge is 0.170 e. The molecular formula is C14H22FN3O. The number of nitrogens with one attached hydrogen (secondary N) is 1. The van der Waals surface area contributed by atoms with Crippen molar-refractivity contribution in [1.82, 2.24) is 10.3 Å². The van der Waals surface area contributed by atoms with E-state index in [4.69, 9.17) is 4.74 Å². The number of pyridine rings is 1. The number of nitrogens with zero attached hydrogens (tertiary/aromatic N) is 2. The largest absolute Gasteiger partial charge is 0.375 e. The molecule has 0 saturated carbocycles. The first kappa shape index (κ1) is 14.2. The molecule has 19 heavy (non-hydrogen) atoms. The van der Waals surface area contributed by atoms with Gasteiger partial charge in [-0.05, 0) is 26.5 Å². The Morgan fingerprint density at radius 2 is 2.32 bits per heavy atom. The zero-order chi connectivity index (χ0) is 13.8. The third kappa shape index (κ3) is 3.22. The highest BCUT2D eigenvalue weighted by Crippen LogP contribution is 2.24. The van der Waals surface area contributed by atoms with Crippen LogP contribution in [-0.2, 0) is 11.3 Å². The molecule has 1 aliphatic heterocycles. The predicted octanol–water partition coefficient (Wildman–Crippen LogP) is 1.94. The van der Waals surface area contributed by atoms with Gasteiger partial charge in [-0.1, -0.05) is 6.92 Å². The summed E-state index contributed by atoms with van der Waals surface area (Å²) in [6.07, 6.45) is 1.78. The van der Waals surface area contributed by atoms with Crippen molar-refractivity contribution in [2.75, 3.05) is 24.6 Å². The minimum absolute atomic E-state index is 0.106. The fourth-order valence-electron chi connectivity index (χ4n) is 2.27. The lowest BCUT2D eigenvalue weighted by Crippen LogP contribution is -2.48. The second kappa shape index (κ2) is 6.30. The summed E-state index contributed by atoms with van der Waals surface area (Å²) in [5.74, 6) is 0.224. The summed E-state index contributed by atoms with van der Waals surface area (Å²) in [6, 6.07) is 1.88. The first-order valence-corrected chi connectivity index (χ1v) is 6.85. The highest BCUT2D eigenvalue weighted by molar-refractivity contribution is 5.44. The van der Waals surface area contributed by atoms with Crippen LogP contribution in [0.25, 0.3) is 0 Å². The normalized spacial score (nSPS) is 23.7. The topological polar surface area (TPSA) is 37.4 Å². The van der Waals surface area contributed by atoms with Crippen molar-refractivity contribution in [3.05, 3.63) is 23.6 Å². The van der Waals surface area contributed by atoms with Crippen molar-refractivity contribution in [3.8, 4) is 0 Å². The van der Waals surface area contributed by atoms with Crippen LogP contribution in [0.15, 0.2) is 12.3 Å². The molecule has 2 atom stereocenters. The first-order valence-electron chi connectivity index (χ1n) is 6.85. The molecule has 5 heteroatoms. The van der Waals surface area contributed by atoms with E-state index in [1.807, 2.05) is 25.7 Å². The van der Waals surface area contributed by atoms with Gasteiger partial charge in [0.2, 0.25) is 0 Å². The molecule has 1 aromatic rings. The summed E-state index contributed by atoms with van der Waals surface area (Å²) in [4.78, 5) is 6.22. The quantitative estimate of drug-likeness (QED) is 0.904. The van der Waals surface area contributed by atoms with Crippen molar-refractivity contribution in [1.29, 1.82) is 0 Å². The maximum atomic E-state index is 14.5. The van der Waals surface area contributed by atoms with Gasteiger partial charge >= 0.3 is 0 Å². The van der Waals surface area contributed by atoms with E-state index in [0.29, 0.717) is 31.1 Å². The molecule has 1 fully saturated rings. The summed E-state index contributed by atoms with van der Waals surface area (Å²) in [7, 11) is 0. The van der Waals surface area contributed by atoms with Crippen LogP contribution in [0.3, 0.4) is 0 Å². The van der Waals surface area contributed by atoms with E-state index in [0.717, 1.165) is 6.54 Å². The molecule has 0 aliphatic carbocycles. The predicted molar refractivity (Wildman–Crippen MR) is 73.8 cm³/mol. The van der Waals surface area contributed by atoms with Gasteiger partial charge in [-0.3, -0.25) is 0 Å². The highest BCUT2D eigenvalue weighted by Gasteiger charge is 2.27. The van der Waals surface area contributed by atoms with Crippen LogP contribution in [0.4, 0.5) is 10.2 Å². The molecule has 1 N–H and O–H groups in total. The standard InChI is InChI=1S/C14H22FN3O/c1-4-16-7-12-5-6-17-14(13(12)15)18-8-11(3)19-9-10(18)2/h5-6,10-11,16H,4,7-9H2,1-3H3. The maximum Gasteiger partial charge on any atom is 0.170 e. The Bertz CT molecular complexity index is 427. The monoisotopic (exact) mass is 267 g/mol. The molecular weight excluding hydrogens is 245 g/mol. The third-order valence-electron chi connectivity index (χ3n) is 3.40. The van der Waals surface area contributed by atoms with Crippen molar-refractivity contribution < 1.29 is 9.13 Å². The fourth-order valence-corrected chi connectivity index (χ4v) is 2.27. The second-order valence-electron chi connectivity index (χ2n) is 5.03. The molecule has 0 bridgehead atoms. The van der Waals surface area contributed by atoms with Crippen molar-refractivity contribution in [2.45, 2.75) is 39.5 Å². The Morgan fingerprint density at radius 3 is 3.05 bits per heavy atom. The van der Waals surface area contributed by atoms with Gasteiger partial charge < -0.3 is 15.0 Å². The minimum atomic E-state index is -0.218. The number of morpholine rings is 1. The van der Waals surface area contributed by atoms with Crippen LogP contribution in [0.5, 0.6) is 0 Å². The zero-order valence-electron chi connectivity index (χ0n) is 11.8. The second-order valence-corrected chi connectivity index (χ2v) is 5.03. The lowest BCUT2D eigenvalue weighted by atomic mass is 10.1. The van der Waals surface area contributed by atoms with Gasteiger partial charge in [0.05, 0.1) is 18.8 Å². The van der Waals surface area contributed by atoms with Crippen LogP contribution < -0.4 is 10.2 Å². The van der Waals surface area contributed by atoms with Crippen molar-refractivity contribution in [3.63, 3.8) is 0 Å². The average molecular weight is 267 g/mol. The van der Waals surface area contributed by atoms with Crippen LogP contribution in [-0.4, -0.2) is 36.8 Å². The molecule has 106 valence electrons. The van der Waals surface area contributed by atoms with E-state index in [1.165, 1.54) is 0 Å². The van der Waals surface area contributed by atoms with Crippen LogP contribution in [0.2, 0.25) is 0 Å². The van der Waals surface area contributed by atoms with Gasteiger partial charge in [0.15, 0.2) is 11.6 Å². The molecule has 2 rings (SSSR count). The van der Waals surface area contributed by atoms with Crippen LogP contribution >= 0.6 is 0 Å². The molecule has 1 saturated heterocycles. The number of rotatable bonds is 4. The molecule has 1 aliphatic rings. The minimum Gasteiger partial charge on any atom is -0.375 e. The highest BCUT2D eigenvalue weighted by atomic mass is 19.1. The molecule has 2 unspecified atom stereocenters. The van der Waals surface area contributed by atoms with Crippen molar-refractivity contribution in [2.24, 2.45) is 0 Å². The van der Waals surface area contributed by atoms with Gasteiger partial charge in [-0.25, -0.2) is 9.37 Å². The van der Waals surface area contributed by atoms with E-state index in [9.17, 15) is 4.39 Å². The molecule has 0 amide bonds. The Labute approximate surface area is 114 Å². The Morgan fingerprint density at radius 1 is 1.53 bits per heavy atom. The number of hydrogen-bond acceptors (Lipinski definition) is 4. The molecule has 2 heterocycles. The average Bonchev–Trinajstić information content (AvgIpc) is 2.41.